The van der Waals surface area contributed by atoms with E-state index < -0.39 is 0 Å². The van der Waals surface area contributed by atoms with E-state index in [0.717, 1.165) is 39.0 Å². The molecule has 0 bridgehead atoms. The Labute approximate surface area is 92.4 Å². The summed E-state index contributed by atoms with van der Waals surface area (Å²) in [6.07, 6.45) is 7.27. The van der Waals surface area contributed by atoms with Crippen molar-refractivity contribution in [3.8, 4) is 6.07 Å². The van der Waals surface area contributed by atoms with E-state index in [1.807, 2.05) is 0 Å². The second-order valence-corrected chi connectivity index (χ2v) is 4.79. The lowest BCUT2D eigenvalue weighted by Gasteiger charge is -2.40. The van der Waals surface area contributed by atoms with Crippen LogP contribution in [0.5, 0.6) is 0 Å². The zero-order valence-electron chi connectivity index (χ0n) is 9.47. The lowest BCUT2D eigenvalue weighted by molar-refractivity contribution is 0.104. The highest BCUT2D eigenvalue weighted by Gasteiger charge is 2.37. The Morgan fingerprint density at radius 3 is 2.13 bits per heavy atom. The molecule has 2 fully saturated rings. The Balaban J connectivity index is 2.07. The van der Waals surface area contributed by atoms with Crippen LogP contribution in [0.15, 0.2) is 0 Å². The highest BCUT2D eigenvalue weighted by molar-refractivity contribution is 5.09. The van der Waals surface area contributed by atoms with Crippen LogP contribution in [0.1, 0.15) is 38.5 Å². The SMILES string of the molecule is N#CC1(N2CCNCC2)CCCCCC1. The van der Waals surface area contributed by atoms with E-state index in [0.29, 0.717) is 0 Å². The molecule has 1 aliphatic carbocycles. The molecule has 0 atom stereocenters. The van der Waals surface area contributed by atoms with Gasteiger partial charge in [0.15, 0.2) is 0 Å². The summed E-state index contributed by atoms with van der Waals surface area (Å²) >= 11 is 0. The van der Waals surface area contributed by atoms with E-state index in [2.05, 4.69) is 16.3 Å². The lowest BCUT2D eigenvalue weighted by Crippen LogP contribution is -2.55. The van der Waals surface area contributed by atoms with Crippen molar-refractivity contribution >= 4 is 0 Å². The Bertz CT molecular complexity index is 230. The first-order chi connectivity index (χ1) is 7.37. The second-order valence-electron chi connectivity index (χ2n) is 4.79. The third-order valence-corrected chi connectivity index (χ3v) is 3.86. The standard InChI is InChI=1S/C12H21N3/c13-11-12(5-3-1-2-4-6-12)15-9-7-14-8-10-15/h14H,1-10H2. The van der Waals surface area contributed by atoms with Gasteiger partial charge in [-0.2, -0.15) is 5.26 Å². The minimum atomic E-state index is -0.126. The van der Waals surface area contributed by atoms with Crippen molar-refractivity contribution in [3.63, 3.8) is 0 Å². The van der Waals surface area contributed by atoms with Gasteiger partial charge in [-0.25, -0.2) is 0 Å². The summed E-state index contributed by atoms with van der Waals surface area (Å²) in [6, 6.07) is 2.63. The molecular formula is C12H21N3. The number of piperazine rings is 1. The highest BCUT2D eigenvalue weighted by atomic mass is 15.2. The van der Waals surface area contributed by atoms with Crippen molar-refractivity contribution in [2.24, 2.45) is 0 Å². The van der Waals surface area contributed by atoms with Gasteiger partial charge in [0.25, 0.3) is 0 Å². The van der Waals surface area contributed by atoms with E-state index >= 15 is 0 Å². The summed E-state index contributed by atoms with van der Waals surface area (Å²) in [6.45, 7) is 4.19. The molecule has 84 valence electrons. The molecule has 0 aromatic heterocycles. The first-order valence-corrected chi connectivity index (χ1v) is 6.24. The van der Waals surface area contributed by atoms with Crippen LogP contribution >= 0.6 is 0 Å². The molecule has 2 rings (SSSR count). The summed E-state index contributed by atoms with van der Waals surface area (Å²) < 4.78 is 0. The summed E-state index contributed by atoms with van der Waals surface area (Å²) in [7, 11) is 0. The fraction of sp³-hybridized carbons (Fsp3) is 0.917. The normalized spacial score (nSPS) is 27.9. The van der Waals surface area contributed by atoms with Gasteiger partial charge in [0.1, 0.15) is 5.54 Å². The number of nitrogens with zero attached hydrogens (tertiary/aromatic N) is 2. The predicted molar refractivity (Wildman–Crippen MR) is 60.5 cm³/mol. The van der Waals surface area contributed by atoms with Gasteiger partial charge in [-0.1, -0.05) is 25.7 Å². The van der Waals surface area contributed by atoms with Gasteiger partial charge in [0, 0.05) is 26.2 Å². The van der Waals surface area contributed by atoms with Gasteiger partial charge >= 0.3 is 0 Å². The maximum atomic E-state index is 9.51. The van der Waals surface area contributed by atoms with Gasteiger partial charge in [-0.3, -0.25) is 4.90 Å². The molecule has 0 aromatic rings. The minimum Gasteiger partial charge on any atom is -0.314 e. The van der Waals surface area contributed by atoms with E-state index in [9.17, 15) is 5.26 Å². The molecule has 3 heteroatoms. The average Bonchev–Trinajstić information content (AvgIpc) is 2.56. The van der Waals surface area contributed by atoms with Gasteiger partial charge in [0.2, 0.25) is 0 Å². The molecule has 0 unspecified atom stereocenters. The minimum absolute atomic E-state index is 0.126. The fourth-order valence-electron chi connectivity index (χ4n) is 2.91. The fourth-order valence-corrected chi connectivity index (χ4v) is 2.91. The smallest absolute Gasteiger partial charge is 0.109 e. The van der Waals surface area contributed by atoms with Gasteiger partial charge in [-0.05, 0) is 12.8 Å². The Hall–Kier alpha value is -0.590. The van der Waals surface area contributed by atoms with Crippen molar-refractivity contribution in [1.29, 1.82) is 5.26 Å². The molecule has 1 aliphatic heterocycles. The Kier molecular flexibility index (Phi) is 3.61. The molecule has 1 N–H and O–H groups in total. The lowest BCUT2D eigenvalue weighted by atomic mass is 9.89. The quantitative estimate of drug-likeness (QED) is 0.662. The zero-order valence-corrected chi connectivity index (χ0v) is 9.47. The first-order valence-electron chi connectivity index (χ1n) is 6.24. The van der Waals surface area contributed by atoms with Crippen LogP contribution < -0.4 is 5.32 Å². The molecule has 0 spiro atoms. The topological polar surface area (TPSA) is 39.1 Å². The number of rotatable bonds is 1. The van der Waals surface area contributed by atoms with Crippen LogP contribution in [-0.4, -0.2) is 36.6 Å². The maximum Gasteiger partial charge on any atom is 0.109 e. The van der Waals surface area contributed by atoms with Crippen LogP contribution in [0.25, 0.3) is 0 Å². The summed E-state index contributed by atoms with van der Waals surface area (Å²) in [5.74, 6) is 0. The third kappa shape index (κ3) is 2.32. The molecule has 0 aromatic carbocycles. The summed E-state index contributed by atoms with van der Waals surface area (Å²) in [4.78, 5) is 2.43. The van der Waals surface area contributed by atoms with E-state index in [1.54, 1.807) is 0 Å². The van der Waals surface area contributed by atoms with Crippen LogP contribution in [-0.2, 0) is 0 Å². The van der Waals surface area contributed by atoms with E-state index in [4.69, 9.17) is 0 Å². The van der Waals surface area contributed by atoms with Crippen molar-refractivity contribution in [1.82, 2.24) is 10.2 Å². The molecule has 2 aliphatic rings. The second kappa shape index (κ2) is 4.96. The molecule has 0 radical (unpaired) electrons. The van der Waals surface area contributed by atoms with Crippen LogP contribution in [0.2, 0.25) is 0 Å². The Morgan fingerprint density at radius 1 is 1.00 bits per heavy atom. The molecule has 1 saturated carbocycles. The molecule has 3 nitrogen and oxygen atoms in total. The monoisotopic (exact) mass is 207 g/mol. The van der Waals surface area contributed by atoms with Crippen molar-refractivity contribution in [2.45, 2.75) is 44.1 Å². The maximum absolute atomic E-state index is 9.51. The number of nitriles is 1. The number of nitrogens with one attached hydrogen (secondary N) is 1. The average molecular weight is 207 g/mol. The highest BCUT2D eigenvalue weighted by Crippen LogP contribution is 2.32. The summed E-state index contributed by atoms with van der Waals surface area (Å²) in [5.41, 5.74) is -0.126. The largest absolute Gasteiger partial charge is 0.314 e. The molecular weight excluding hydrogens is 186 g/mol. The van der Waals surface area contributed by atoms with Crippen molar-refractivity contribution < 1.29 is 0 Å². The van der Waals surface area contributed by atoms with Crippen LogP contribution in [0.4, 0.5) is 0 Å². The van der Waals surface area contributed by atoms with Crippen molar-refractivity contribution in [2.75, 3.05) is 26.2 Å². The zero-order chi connectivity index (χ0) is 10.6. The first kappa shape index (κ1) is 10.9. The van der Waals surface area contributed by atoms with E-state index in [-0.39, 0.29) is 5.54 Å². The van der Waals surface area contributed by atoms with Crippen LogP contribution in [0, 0.1) is 11.3 Å². The molecule has 1 heterocycles. The summed E-state index contributed by atoms with van der Waals surface area (Å²) in [5, 5.41) is 12.9. The van der Waals surface area contributed by atoms with Crippen molar-refractivity contribution in [3.05, 3.63) is 0 Å². The van der Waals surface area contributed by atoms with Crippen LogP contribution in [0.3, 0.4) is 0 Å². The predicted octanol–water partition coefficient (Wildman–Crippen LogP) is 1.51. The number of hydrogen-bond acceptors (Lipinski definition) is 3. The third-order valence-electron chi connectivity index (χ3n) is 3.86. The molecule has 0 amide bonds. The Morgan fingerprint density at radius 2 is 1.60 bits per heavy atom. The van der Waals surface area contributed by atoms with Gasteiger partial charge in [-0.15, -0.1) is 0 Å². The molecule has 1 saturated heterocycles. The van der Waals surface area contributed by atoms with Gasteiger partial charge in [0.05, 0.1) is 6.07 Å². The van der Waals surface area contributed by atoms with Gasteiger partial charge < -0.3 is 5.32 Å². The molecule has 15 heavy (non-hydrogen) atoms. The number of hydrogen-bond donors (Lipinski definition) is 1. The van der Waals surface area contributed by atoms with E-state index in [1.165, 1.54) is 25.7 Å².